The molecule has 0 heterocycles. The van der Waals surface area contributed by atoms with Gasteiger partial charge in [-0.05, 0) is 50.1 Å². The van der Waals surface area contributed by atoms with Crippen LogP contribution in [0.1, 0.15) is 34.0 Å². The fourth-order valence-electron chi connectivity index (χ4n) is 2.39. The summed E-state index contributed by atoms with van der Waals surface area (Å²) in [7, 11) is 0. The predicted molar refractivity (Wildman–Crippen MR) is 90.8 cm³/mol. The van der Waals surface area contributed by atoms with Crippen LogP contribution in [0.3, 0.4) is 0 Å². The topological polar surface area (TPSA) is 38.3 Å². The quantitative estimate of drug-likeness (QED) is 0.620. The summed E-state index contributed by atoms with van der Waals surface area (Å²) in [6.45, 7) is 8.13. The van der Waals surface area contributed by atoms with Crippen molar-refractivity contribution in [2.45, 2.75) is 20.8 Å². The van der Waals surface area contributed by atoms with Gasteiger partial charge in [-0.2, -0.15) is 0 Å². The van der Waals surface area contributed by atoms with E-state index < -0.39 is 0 Å². The highest BCUT2D eigenvalue weighted by atomic mass is 16.5. The summed E-state index contributed by atoms with van der Waals surface area (Å²) in [6.07, 6.45) is 0. The SMILES string of the molecule is CCOCCNc1ccc(C(=O)c2ccccc2C)cc1C. The van der Waals surface area contributed by atoms with Crippen LogP contribution in [-0.4, -0.2) is 25.5 Å². The normalized spacial score (nSPS) is 10.5. The molecule has 0 saturated heterocycles. The highest BCUT2D eigenvalue weighted by Crippen LogP contribution is 2.20. The van der Waals surface area contributed by atoms with Crippen molar-refractivity contribution >= 4 is 11.5 Å². The second-order valence-electron chi connectivity index (χ2n) is 5.30. The van der Waals surface area contributed by atoms with Crippen molar-refractivity contribution in [2.24, 2.45) is 0 Å². The van der Waals surface area contributed by atoms with Gasteiger partial charge in [0.25, 0.3) is 0 Å². The summed E-state index contributed by atoms with van der Waals surface area (Å²) in [4.78, 5) is 12.6. The molecule has 1 N–H and O–H groups in total. The van der Waals surface area contributed by atoms with E-state index in [-0.39, 0.29) is 5.78 Å². The Morgan fingerprint density at radius 3 is 2.55 bits per heavy atom. The van der Waals surface area contributed by atoms with Crippen LogP contribution in [0.5, 0.6) is 0 Å². The van der Waals surface area contributed by atoms with Crippen molar-refractivity contribution in [1.82, 2.24) is 0 Å². The Kier molecular flexibility index (Phi) is 5.73. The number of ketones is 1. The molecule has 0 spiro atoms. The average molecular weight is 297 g/mol. The summed E-state index contributed by atoms with van der Waals surface area (Å²) in [5.41, 5.74) is 4.60. The lowest BCUT2D eigenvalue weighted by Crippen LogP contribution is -2.10. The zero-order chi connectivity index (χ0) is 15.9. The molecule has 0 amide bonds. The Hall–Kier alpha value is -2.13. The second kappa shape index (κ2) is 7.76. The van der Waals surface area contributed by atoms with Crippen LogP contribution in [0.4, 0.5) is 5.69 Å². The molecule has 0 atom stereocenters. The molecule has 2 rings (SSSR count). The van der Waals surface area contributed by atoms with E-state index in [0.29, 0.717) is 6.61 Å². The summed E-state index contributed by atoms with van der Waals surface area (Å²) < 4.78 is 5.31. The number of rotatable bonds is 7. The average Bonchev–Trinajstić information content (AvgIpc) is 2.52. The largest absolute Gasteiger partial charge is 0.383 e. The summed E-state index contributed by atoms with van der Waals surface area (Å²) in [5.74, 6) is 0.0714. The maximum absolute atomic E-state index is 12.6. The van der Waals surface area contributed by atoms with E-state index >= 15 is 0 Å². The van der Waals surface area contributed by atoms with Gasteiger partial charge in [0.2, 0.25) is 0 Å². The number of carbonyl (C=O) groups excluding carboxylic acids is 1. The number of ether oxygens (including phenoxy) is 1. The minimum atomic E-state index is 0.0714. The molecule has 0 aliphatic carbocycles. The van der Waals surface area contributed by atoms with E-state index in [1.165, 1.54) is 0 Å². The Balaban J connectivity index is 2.12. The lowest BCUT2D eigenvalue weighted by atomic mass is 9.97. The van der Waals surface area contributed by atoms with Crippen LogP contribution < -0.4 is 5.32 Å². The molecular formula is C19H23NO2. The first-order valence-corrected chi connectivity index (χ1v) is 7.66. The molecule has 3 nitrogen and oxygen atoms in total. The van der Waals surface area contributed by atoms with Crippen molar-refractivity contribution < 1.29 is 9.53 Å². The third-order valence-electron chi connectivity index (χ3n) is 3.64. The number of hydrogen-bond donors (Lipinski definition) is 1. The third kappa shape index (κ3) is 3.95. The van der Waals surface area contributed by atoms with Crippen LogP contribution in [0.25, 0.3) is 0 Å². The van der Waals surface area contributed by atoms with Crippen LogP contribution in [0.15, 0.2) is 42.5 Å². The van der Waals surface area contributed by atoms with Crippen molar-refractivity contribution in [1.29, 1.82) is 0 Å². The molecule has 0 radical (unpaired) electrons. The Morgan fingerprint density at radius 2 is 1.86 bits per heavy atom. The van der Waals surface area contributed by atoms with Crippen LogP contribution >= 0.6 is 0 Å². The summed E-state index contributed by atoms with van der Waals surface area (Å²) in [6, 6.07) is 13.5. The molecule has 0 aliphatic rings. The Morgan fingerprint density at radius 1 is 1.09 bits per heavy atom. The molecular weight excluding hydrogens is 274 g/mol. The molecule has 22 heavy (non-hydrogen) atoms. The molecule has 3 heteroatoms. The molecule has 0 bridgehead atoms. The van der Waals surface area contributed by atoms with Gasteiger partial charge in [-0.15, -0.1) is 0 Å². The maximum atomic E-state index is 12.6. The Bertz CT molecular complexity index is 650. The van der Waals surface area contributed by atoms with Gasteiger partial charge in [0.1, 0.15) is 0 Å². The fourth-order valence-corrected chi connectivity index (χ4v) is 2.39. The van der Waals surface area contributed by atoms with E-state index in [1.54, 1.807) is 0 Å². The first-order chi connectivity index (χ1) is 10.6. The number of aryl methyl sites for hydroxylation is 2. The number of anilines is 1. The van der Waals surface area contributed by atoms with E-state index in [1.807, 2.05) is 63.2 Å². The molecule has 2 aromatic carbocycles. The number of nitrogens with one attached hydrogen (secondary N) is 1. The van der Waals surface area contributed by atoms with Gasteiger partial charge < -0.3 is 10.1 Å². The first kappa shape index (κ1) is 16.2. The maximum Gasteiger partial charge on any atom is 0.193 e. The second-order valence-corrected chi connectivity index (χ2v) is 5.30. The molecule has 0 aliphatic heterocycles. The summed E-state index contributed by atoms with van der Waals surface area (Å²) in [5, 5.41) is 3.33. The molecule has 0 fully saturated rings. The van der Waals surface area contributed by atoms with Gasteiger partial charge >= 0.3 is 0 Å². The summed E-state index contributed by atoms with van der Waals surface area (Å²) >= 11 is 0. The van der Waals surface area contributed by atoms with Crippen molar-refractivity contribution in [2.75, 3.05) is 25.1 Å². The van der Waals surface area contributed by atoms with Crippen LogP contribution in [0.2, 0.25) is 0 Å². The first-order valence-electron chi connectivity index (χ1n) is 7.66. The van der Waals surface area contributed by atoms with Gasteiger partial charge in [0.05, 0.1) is 6.61 Å². The van der Waals surface area contributed by atoms with E-state index in [2.05, 4.69) is 5.32 Å². The molecule has 0 saturated carbocycles. The van der Waals surface area contributed by atoms with Gasteiger partial charge in [-0.1, -0.05) is 24.3 Å². The number of benzene rings is 2. The van der Waals surface area contributed by atoms with Crippen molar-refractivity contribution in [3.05, 3.63) is 64.7 Å². The minimum Gasteiger partial charge on any atom is -0.383 e. The van der Waals surface area contributed by atoms with Gasteiger partial charge in [-0.3, -0.25) is 4.79 Å². The lowest BCUT2D eigenvalue weighted by molar-refractivity contribution is 0.103. The lowest BCUT2D eigenvalue weighted by Gasteiger charge is -2.11. The monoisotopic (exact) mass is 297 g/mol. The zero-order valence-electron chi connectivity index (χ0n) is 13.5. The smallest absolute Gasteiger partial charge is 0.193 e. The zero-order valence-corrected chi connectivity index (χ0v) is 13.5. The number of hydrogen-bond acceptors (Lipinski definition) is 3. The van der Waals surface area contributed by atoms with E-state index in [9.17, 15) is 4.79 Å². The van der Waals surface area contributed by atoms with Crippen molar-refractivity contribution in [3.63, 3.8) is 0 Å². The van der Waals surface area contributed by atoms with Crippen molar-refractivity contribution in [3.8, 4) is 0 Å². The highest BCUT2D eigenvalue weighted by molar-refractivity contribution is 6.10. The number of carbonyl (C=O) groups is 1. The highest BCUT2D eigenvalue weighted by Gasteiger charge is 2.12. The van der Waals surface area contributed by atoms with E-state index in [4.69, 9.17) is 4.74 Å². The van der Waals surface area contributed by atoms with Gasteiger partial charge in [0, 0.05) is 30.0 Å². The van der Waals surface area contributed by atoms with Crippen LogP contribution in [0, 0.1) is 13.8 Å². The minimum absolute atomic E-state index is 0.0714. The predicted octanol–water partition coefficient (Wildman–Crippen LogP) is 3.98. The molecule has 0 aromatic heterocycles. The van der Waals surface area contributed by atoms with Gasteiger partial charge in [-0.25, -0.2) is 0 Å². The van der Waals surface area contributed by atoms with Crippen LogP contribution in [-0.2, 0) is 4.74 Å². The Labute approximate surface area is 132 Å². The van der Waals surface area contributed by atoms with Gasteiger partial charge in [0.15, 0.2) is 5.78 Å². The third-order valence-corrected chi connectivity index (χ3v) is 3.64. The molecule has 0 unspecified atom stereocenters. The molecule has 116 valence electrons. The fraction of sp³-hybridized carbons (Fsp3) is 0.316. The standard InChI is InChI=1S/C19H23NO2/c1-4-22-12-11-20-18-10-9-16(13-15(18)3)19(21)17-8-6-5-7-14(17)2/h5-10,13,20H,4,11-12H2,1-3H3. The van der Waals surface area contributed by atoms with E-state index in [0.717, 1.165) is 41.1 Å². The molecule has 2 aromatic rings.